The number of hydrogen-bond acceptors (Lipinski definition) is 3. The topological polar surface area (TPSA) is 66.5 Å². The maximum Gasteiger partial charge on any atom is 0.247 e. The summed E-state index contributed by atoms with van der Waals surface area (Å²) < 4.78 is 25.7. The van der Waals surface area contributed by atoms with E-state index in [0.717, 1.165) is 28.1 Å². The first-order valence-corrected chi connectivity index (χ1v) is 10.5. The third-order valence-electron chi connectivity index (χ3n) is 4.13. The summed E-state index contributed by atoms with van der Waals surface area (Å²) in [5.41, 5.74) is 2.96. The predicted molar refractivity (Wildman–Crippen MR) is 107 cm³/mol. The standard InChI is InChI=1S/C19H23ClN2O3S/c1-5-15-7-9-16(10-8-15)21-19(23)14(3)22(26(4,24)25)17-11-6-13(2)18(20)12-17/h6-12,14H,5H2,1-4H3,(H,21,23)/t14-/m0/s1. The summed E-state index contributed by atoms with van der Waals surface area (Å²) in [7, 11) is -3.68. The first-order valence-electron chi connectivity index (χ1n) is 8.29. The Morgan fingerprint density at radius 3 is 2.31 bits per heavy atom. The zero-order chi connectivity index (χ0) is 19.5. The summed E-state index contributed by atoms with van der Waals surface area (Å²) in [5, 5.41) is 3.21. The Hall–Kier alpha value is -2.05. The molecule has 0 bridgehead atoms. The minimum Gasteiger partial charge on any atom is -0.324 e. The van der Waals surface area contributed by atoms with Gasteiger partial charge in [0.2, 0.25) is 15.9 Å². The summed E-state index contributed by atoms with van der Waals surface area (Å²) >= 11 is 6.13. The Morgan fingerprint density at radius 1 is 1.19 bits per heavy atom. The molecule has 2 rings (SSSR count). The lowest BCUT2D eigenvalue weighted by Gasteiger charge is -2.28. The van der Waals surface area contributed by atoms with Crippen LogP contribution in [-0.2, 0) is 21.2 Å². The molecule has 1 amide bonds. The van der Waals surface area contributed by atoms with E-state index in [0.29, 0.717) is 16.4 Å². The van der Waals surface area contributed by atoms with Gasteiger partial charge in [-0.2, -0.15) is 0 Å². The molecular weight excluding hydrogens is 372 g/mol. The fraction of sp³-hybridized carbons (Fsp3) is 0.316. The van der Waals surface area contributed by atoms with Gasteiger partial charge in [0.15, 0.2) is 0 Å². The highest BCUT2D eigenvalue weighted by Crippen LogP contribution is 2.27. The fourth-order valence-corrected chi connectivity index (χ4v) is 3.94. The third-order valence-corrected chi connectivity index (χ3v) is 5.78. The molecule has 0 radical (unpaired) electrons. The van der Waals surface area contributed by atoms with Crippen LogP contribution >= 0.6 is 11.6 Å². The van der Waals surface area contributed by atoms with Crippen LogP contribution in [0.25, 0.3) is 0 Å². The van der Waals surface area contributed by atoms with Crippen molar-refractivity contribution in [3.05, 3.63) is 58.6 Å². The second-order valence-corrected chi connectivity index (χ2v) is 8.47. The van der Waals surface area contributed by atoms with Crippen LogP contribution in [0.4, 0.5) is 11.4 Å². The molecule has 7 heteroatoms. The van der Waals surface area contributed by atoms with E-state index in [1.54, 1.807) is 37.3 Å². The highest BCUT2D eigenvalue weighted by atomic mass is 35.5. The minimum absolute atomic E-state index is 0.354. The van der Waals surface area contributed by atoms with E-state index in [-0.39, 0.29) is 0 Å². The average molecular weight is 395 g/mol. The number of nitrogens with one attached hydrogen (secondary N) is 1. The predicted octanol–water partition coefficient (Wildman–Crippen LogP) is 4.00. The highest BCUT2D eigenvalue weighted by molar-refractivity contribution is 7.92. The monoisotopic (exact) mass is 394 g/mol. The highest BCUT2D eigenvalue weighted by Gasteiger charge is 2.29. The van der Waals surface area contributed by atoms with E-state index < -0.39 is 22.0 Å². The van der Waals surface area contributed by atoms with Crippen molar-refractivity contribution in [1.82, 2.24) is 0 Å². The molecule has 26 heavy (non-hydrogen) atoms. The van der Waals surface area contributed by atoms with E-state index in [1.165, 1.54) is 0 Å². The Labute approximate surface area is 160 Å². The quantitative estimate of drug-likeness (QED) is 0.805. The number of rotatable bonds is 6. The number of carbonyl (C=O) groups excluding carboxylic acids is 1. The molecule has 0 saturated heterocycles. The van der Waals surface area contributed by atoms with Crippen LogP contribution in [0.3, 0.4) is 0 Å². The summed E-state index contributed by atoms with van der Waals surface area (Å²) in [6.07, 6.45) is 1.97. The van der Waals surface area contributed by atoms with Crippen LogP contribution in [0.1, 0.15) is 25.0 Å². The molecule has 0 aliphatic carbocycles. The molecule has 1 N–H and O–H groups in total. The summed E-state index contributed by atoms with van der Waals surface area (Å²) in [6.45, 7) is 5.42. The van der Waals surface area contributed by atoms with Gasteiger partial charge in [0.1, 0.15) is 6.04 Å². The molecule has 0 heterocycles. The van der Waals surface area contributed by atoms with Gasteiger partial charge in [0.05, 0.1) is 11.9 Å². The van der Waals surface area contributed by atoms with Crippen molar-refractivity contribution in [3.8, 4) is 0 Å². The maximum atomic E-state index is 12.6. The molecule has 0 fully saturated rings. The molecular formula is C19H23ClN2O3S. The van der Waals surface area contributed by atoms with Crippen molar-refractivity contribution in [2.45, 2.75) is 33.2 Å². The molecule has 1 atom stereocenters. The lowest BCUT2D eigenvalue weighted by molar-refractivity contribution is -0.116. The van der Waals surface area contributed by atoms with Crippen LogP contribution in [0, 0.1) is 6.92 Å². The summed E-state index contributed by atoms with van der Waals surface area (Å²) in [5.74, 6) is -0.420. The molecule has 140 valence electrons. The SMILES string of the molecule is CCc1ccc(NC(=O)[C@H](C)N(c2ccc(C)c(Cl)c2)S(C)(=O)=O)cc1. The maximum absolute atomic E-state index is 12.6. The van der Waals surface area contributed by atoms with Crippen molar-refractivity contribution >= 4 is 38.9 Å². The average Bonchev–Trinajstić information content (AvgIpc) is 2.57. The number of nitrogens with zero attached hydrogens (tertiary/aromatic N) is 1. The number of halogens is 1. The normalized spacial score (nSPS) is 12.5. The molecule has 2 aromatic rings. The molecule has 2 aromatic carbocycles. The zero-order valence-electron chi connectivity index (χ0n) is 15.3. The van der Waals surface area contributed by atoms with E-state index in [2.05, 4.69) is 5.32 Å². The number of sulfonamides is 1. The number of hydrogen-bond donors (Lipinski definition) is 1. The summed E-state index contributed by atoms with van der Waals surface area (Å²) in [6, 6.07) is 11.4. The van der Waals surface area contributed by atoms with Gasteiger partial charge in [-0.25, -0.2) is 8.42 Å². The van der Waals surface area contributed by atoms with Crippen molar-refractivity contribution in [1.29, 1.82) is 0 Å². The molecule has 0 aromatic heterocycles. The fourth-order valence-electron chi connectivity index (χ4n) is 2.60. The lowest BCUT2D eigenvalue weighted by atomic mass is 10.1. The van der Waals surface area contributed by atoms with E-state index in [9.17, 15) is 13.2 Å². The Morgan fingerprint density at radius 2 is 1.81 bits per heavy atom. The van der Waals surface area contributed by atoms with Crippen molar-refractivity contribution in [2.75, 3.05) is 15.9 Å². The van der Waals surface area contributed by atoms with Crippen molar-refractivity contribution in [2.24, 2.45) is 0 Å². The molecule has 0 saturated carbocycles. The first-order chi connectivity index (χ1) is 12.1. The molecule has 0 spiro atoms. The second-order valence-electron chi connectivity index (χ2n) is 6.21. The first kappa shape index (κ1) is 20.3. The van der Waals surface area contributed by atoms with Gasteiger partial charge >= 0.3 is 0 Å². The van der Waals surface area contributed by atoms with Crippen LogP contribution in [0.15, 0.2) is 42.5 Å². The van der Waals surface area contributed by atoms with Crippen molar-refractivity contribution in [3.63, 3.8) is 0 Å². The van der Waals surface area contributed by atoms with Crippen LogP contribution in [-0.4, -0.2) is 26.6 Å². The van der Waals surface area contributed by atoms with Crippen LogP contribution < -0.4 is 9.62 Å². The van der Waals surface area contributed by atoms with Gasteiger partial charge in [0.25, 0.3) is 0 Å². The van der Waals surface area contributed by atoms with Gasteiger partial charge in [-0.1, -0.05) is 36.7 Å². The van der Waals surface area contributed by atoms with Gasteiger partial charge in [-0.15, -0.1) is 0 Å². The van der Waals surface area contributed by atoms with E-state index in [1.807, 2.05) is 26.0 Å². The smallest absolute Gasteiger partial charge is 0.247 e. The van der Waals surface area contributed by atoms with Crippen molar-refractivity contribution < 1.29 is 13.2 Å². The number of carbonyl (C=O) groups is 1. The number of aryl methyl sites for hydroxylation is 2. The summed E-state index contributed by atoms with van der Waals surface area (Å²) in [4.78, 5) is 12.6. The van der Waals surface area contributed by atoms with Gasteiger partial charge < -0.3 is 5.32 Å². The minimum atomic E-state index is -3.68. The van der Waals surface area contributed by atoms with Gasteiger partial charge in [-0.3, -0.25) is 9.10 Å². The Kier molecular flexibility index (Phi) is 6.31. The number of anilines is 2. The Balaban J connectivity index is 2.29. The van der Waals surface area contributed by atoms with E-state index in [4.69, 9.17) is 11.6 Å². The largest absolute Gasteiger partial charge is 0.324 e. The van der Waals surface area contributed by atoms with Crippen LogP contribution in [0.2, 0.25) is 5.02 Å². The number of amides is 1. The van der Waals surface area contributed by atoms with Gasteiger partial charge in [0, 0.05) is 10.7 Å². The zero-order valence-corrected chi connectivity index (χ0v) is 16.9. The Bertz CT molecular complexity index is 896. The molecule has 5 nitrogen and oxygen atoms in total. The molecule has 0 aliphatic heterocycles. The number of benzene rings is 2. The lowest BCUT2D eigenvalue weighted by Crippen LogP contribution is -2.45. The van der Waals surface area contributed by atoms with E-state index >= 15 is 0 Å². The molecule has 0 aliphatic rings. The third kappa shape index (κ3) is 4.77. The second kappa shape index (κ2) is 8.10. The van der Waals surface area contributed by atoms with Crippen LogP contribution in [0.5, 0.6) is 0 Å². The van der Waals surface area contributed by atoms with Gasteiger partial charge in [-0.05, 0) is 55.7 Å². The molecule has 0 unspecified atom stereocenters.